The van der Waals surface area contributed by atoms with E-state index in [9.17, 15) is 18.4 Å². The average Bonchev–Trinajstić information content (AvgIpc) is 2.78. The lowest BCUT2D eigenvalue weighted by Crippen LogP contribution is -2.32. The van der Waals surface area contributed by atoms with E-state index in [1.807, 2.05) is 30.3 Å². The molecule has 4 rings (SSSR count). The summed E-state index contributed by atoms with van der Waals surface area (Å²) in [6.45, 7) is 0.139. The summed E-state index contributed by atoms with van der Waals surface area (Å²) >= 11 is 0. The lowest BCUT2D eigenvalue weighted by atomic mass is 10.1. The van der Waals surface area contributed by atoms with Crippen molar-refractivity contribution >= 4 is 16.7 Å². The summed E-state index contributed by atoms with van der Waals surface area (Å²) in [5.41, 5.74) is 0.839. The Balaban J connectivity index is 1.74. The van der Waals surface area contributed by atoms with Gasteiger partial charge in [-0.05, 0) is 17.7 Å². The molecule has 5 nitrogen and oxygen atoms in total. The SMILES string of the molecule is CN(Cc1ccc(F)cc1F)C(=O)c1nn(Cc2ccccc2)c(=O)c2ccccc12. The van der Waals surface area contributed by atoms with Crippen molar-refractivity contribution in [1.82, 2.24) is 14.7 Å². The number of aromatic nitrogens is 2. The Bertz CT molecular complexity index is 1320. The average molecular weight is 419 g/mol. The van der Waals surface area contributed by atoms with Crippen molar-refractivity contribution in [3.8, 4) is 0 Å². The van der Waals surface area contributed by atoms with Crippen LogP contribution in [-0.4, -0.2) is 27.6 Å². The van der Waals surface area contributed by atoms with Gasteiger partial charge in [-0.25, -0.2) is 13.5 Å². The lowest BCUT2D eigenvalue weighted by molar-refractivity contribution is 0.0777. The van der Waals surface area contributed by atoms with Gasteiger partial charge in [0.1, 0.15) is 11.6 Å². The highest BCUT2D eigenvalue weighted by Crippen LogP contribution is 2.18. The van der Waals surface area contributed by atoms with Gasteiger partial charge in [-0.1, -0.05) is 54.6 Å². The Hall–Kier alpha value is -3.87. The van der Waals surface area contributed by atoms with Gasteiger partial charge in [0.15, 0.2) is 5.69 Å². The lowest BCUT2D eigenvalue weighted by Gasteiger charge is -2.19. The van der Waals surface area contributed by atoms with E-state index in [4.69, 9.17) is 0 Å². The molecule has 0 unspecified atom stereocenters. The van der Waals surface area contributed by atoms with E-state index >= 15 is 0 Å². The number of carbonyl (C=O) groups excluding carboxylic acids is 1. The maximum absolute atomic E-state index is 14.0. The minimum atomic E-state index is -0.730. The van der Waals surface area contributed by atoms with Crippen LogP contribution in [0.25, 0.3) is 10.8 Å². The Labute approximate surface area is 177 Å². The minimum Gasteiger partial charge on any atom is -0.336 e. The quantitative estimate of drug-likeness (QED) is 0.492. The van der Waals surface area contributed by atoms with Crippen molar-refractivity contribution in [1.29, 1.82) is 0 Å². The van der Waals surface area contributed by atoms with E-state index in [0.717, 1.165) is 17.7 Å². The fourth-order valence-electron chi connectivity index (χ4n) is 3.41. The second kappa shape index (κ2) is 8.47. The number of amides is 1. The summed E-state index contributed by atoms with van der Waals surface area (Å²) < 4.78 is 28.5. The molecule has 156 valence electrons. The summed E-state index contributed by atoms with van der Waals surface area (Å²) in [4.78, 5) is 27.4. The number of fused-ring (bicyclic) bond motifs is 1. The Morgan fingerprint density at radius 2 is 1.65 bits per heavy atom. The minimum absolute atomic E-state index is 0.0707. The van der Waals surface area contributed by atoms with Crippen molar-refractivity contribution < 1.29 is 13.6 Å². The molecule has 0 saturated carbocycles. The van der Waals surface area contributed by atoms with Crippen LogP contribution in [0.15, 0.2) is 77.6 Å². The number of hydrogen-bond acceptors (Lipinski definition) is 3. The molecule has 0 aliphatic carbocycles. The number of benzene rings is 3. The van der Waals surface area contributed by atoms with Crippen LogP contribution < -0.4 is 5.56 Å². The molecule has 0 bridgehead atoms. The molecule has 7 heteroatoms. The van der Waals surface area contributed by atoms with Crippen LogP contribution >= 0.6 is 0 Å². The van der Waals surface area contributed by atoms with Crippen molar-refractivity contribution in [2.24, 2.45) is 0 Å². The topological polar surface area (TPSA) is 55.2 Å². The van der Waals surface area contributed by atoms with E-state index in [2.05, 4.69) is 5.10 Å². The molecular formula is C24H19F2N3O2. The summed E-state index contributed by atoms with van der Waals surface area (Å²) in [5.74, 6) is -1.89. The van der Waals surface area contributed by atoms with Crippen LogP contribution in [-0.2, 0) is 13.1 Å². The molecule has 3 aromatic carbocycles. The number of carbonyl (C=O) groups is 1. The molecule has 0 fully saturated rings. The smallest absolute Gasteiger partial charge is 0.274 e. The van der Waals surface area contributed by atoms with Crippen LogP contribution in [0, 0.1) is 11.6 Å². The van der Waals surface area contributed by atoms with Gasteiger partial charge < -0.3 is 4.90 Å². The maximum atomic E-state index is 14.0. The molecule has 1 amide bonds. The molecule has 0 saturated heterocycles. The summed E-state index contributed by atoms with van der Waals surface area (Å²) in [7, 11) is 1.51. The molecule has 0 radical (unpaired) electrons. The predicted octanol–water partition coefficient (Wildman–Crippen LogP) is 4.00. The first-order valence-electron chi connectivity index (χ1n) is 9.67. The van der Waals surface area contributed by atoms with Crippen molar-refractivity contribution in [3.63, 3.8) is 0 Å². The largest absolute Gasteiger partial charge is 0.336 e. The monoisotopic (exact) mass is 419 g/mol. The molecule has 4 aromatic rings. The van der Waals surface area contributed by atoms with E-state index in [1.54, 1.807) is 24.3 Å². The van der Waals surface area contributed by atoms with E-state index < -0.39 is 17.5 Å². The van der Waals surface area contributed by atoms with Gasteiger partial charge in [-0.2, -0.15) is 5.10 Å². The number of halogens is 2. The molecule has 0 aliphatic heterocycles. The Kier molecular flexibility index (Phi) is 5.58. The predicted molar refractivity (Wildman–Crippen MR) is 114 cm³/mol. The molecule has 0 atom stereocenters. The number of nitrogens with zero attached hydrogens (tertiary/aromatic N) is 3. The highest BCUT2D eigenvalue weighted by molar-refractivity contribution is 6.04. The van der Waals surface area contributed by atoms with Gasteiger partial charge in [0.25, 0.3) is 11.5 Å². The Morgan fingerprint density at radius 1 is 0.968 bits per heavy atom. The maximum Gasteiger partial charge on any atom is 0.274 e. The highest BCUT2D eigenvalue weighted by Gasteiger charge is 2.21. The van der Waals surface area contributed by atoms with Crippen LogP contribution in [0.5, 0.6) is 0 Å². The van der Waals surface area contributed by atoms with Crippen molar-refractivity contribution in [2.75, 3.05) is 7.05 Å². The fraction of sp³-hybridized carbons (Fsp3) is 0.125. The third-order valence-corrected chi connectivity index (χ3v) is 5.01. The van der Waals surface area contributed by atoms with Crippen molar-refractivity contribution in [2.45, 2.75) is 13.1 Å². The Morgan fingerprint density at radius 3 is 2.35 bits per heavy atom. The molecule has 0 spiro atoms. The fourth-order valence-corrected chi connectivity index (χ4v) is 3.41. The first-order chi connectivity index (χ1) is 14.9. The van der Waals surface area contributed by atoms with Crippen LogP contribution in [0.2, 0.25) is 0 Å². The third-order valence-electron chi connectivity index (χ3n) is 5.01. The van der Waals surface area contributed by atoms with Crippen molar-refractivity contribution in [3.05, 3.63) is 112 Å². The van der Waals surface area contributed by atoms with Crippen LogP contribution in [0.3, 0.4) is 0 Å². The van der Waals surface area contributed by atoms with E-state index in [-0.39, 0.29) is 29.9 Å². The van der Waals surface area contributed by atoms with Crippen LogP contribution in [0.1, 0.15) is 21.6 Å². The van der Waals surface area contributed by atoms with Gasteiger partial charge in [0.2, 0.25) is 0 Å². The second-order valence-electron chi connectivity index (χ2n) is 7.24. The van der Waals surface area contributed by atoms with Gasteiger partial charge in [-0.15, -0.1) is 0 Å². The molecule has 0 aliphatic rings. The molecule has 1 heterocycles. The second-order valence-corrected chi connectivity index (χ2v) is 7.24. The summed E-state index contributed by atoms with van der Waals surface area (Å²) in [5, 5.41) is 5.15. The number of hydrogen-bond donors (Lipinski definition) is 0. The molecular weight excluding hydrogens is 400 g/mol. The zero-order chi connectivity index (χ0) is 22.0. The summed E-state index contributed by atoms with van der Waals surface area (Å²) in [6.07, 6.45) is 0. The molecule has 31 heavy (non-hydrogen) atoms. The van der Waals surface area contributed by atoms with Gasteiger partial charge in [0.05, 0.1) is 11.9 Å². The first kappa shape index (κ1) is 20.4. The summed E-state index contributed by atoms with van der Waals surface area (Å²) in [6, 6.07) is 19.3. The zero-order valence-corrected chi connectivity index (χ0v) is 16.8. The normalized spacial score (nSPS) is 10.9. The molecule has 1 aromatic heterocycles. The van der Waals surface area contributed by atoms with Crippen LogP contribution in [0.4, 0.5) is 8.78 Å². The molecule has 0 N–H and O–H groups in total. The van der Waals surface area contributed by atoms with E-state index in [0.29, 0.717) is 10.8 Å². The number of rotatable bonds is 5. The third kappa shape index (κ3) is 4.21. The zero-order valence-electron chi connectivity index (χ0n) is 16.8. The van der Waals surface area contributed by atoms with Gasteiger partial charge >= 0.3 is 0 Å². The standard InChI is InChI=1S/C24H19F2N3O2/c1-28(15-17-11-12-18(25)13-21(17)26)24(31)22-19-9-5-6-10-20(19)23(30)29(27-22)14-16-7-3-2-4-8-16/h2-13H,14-15H2,1H3. The van der Waals surface area contributed by atoms with Gasteiger partial charge in [-0.3, -0.25) is 9.59 Å². The van der Waals surface area contributed by atoms with E-state index in [1.165, 1.54) is 22.7 Å². The highest BCUT2D eigenvalue weighted by atomic mass is 19.1. The van der Waals surface area contributed by atoms with Gasteiger partial charge in [0, 0.05) is 30.6 Å². The first-order valence-corrected chi connectivity index (χ1v) is 9.67.